The van der Waals surface area contributed by atoms with Crippen LogP contribution in [0.5, 0.6) is 0 Å². The molecule has 9 heteroatoms. The van der Waals surface area contributed by atoms with E-state index in [0.717, 1.165) is 55.6 Å². The molecule has 6 nitrogen and oxygen atoms in total. The summed E-state index contributed by atoms with van der Waals surface area (Å²) in [6.07, 6.45) is -1.51. The van der Waals surface area contributed by atoms with E-state index in [2.05, 4.69) is 40.6 Å². The van der Waals surface area contributed by atoms with Crippen molar-refractivity contribution < 1.29 is 23.1 Å². The number of nitrogens with zero attached hydrogens (tertiary/aromatic N) is 3. The van der Waals surface area contributed by atoms with Crippen LogP contribution in [0.15, 0.2) is 66.7 Å². The predicted molar refractivity (Wildman–Crippen MR) is 154 cm³/mol. The number of benzene rings is 3. The van der Waals surface area contributed by atoms with E-state index in [-0.39, 0.29) is 12.2 Å². The first-order valence-corrected chi connectivity index (χ1v) is 14.4. The zero-order valence-electron chi connectivity index (χ0n) is 23.7. The van der Waals surface area contributed by atoms with Crippen LogP contribution in [-0.2, 0) is 17.4 Å². The number of hydrogen-bond acceptors (Lipinski definition) is 5. The molecular formula is C34H31F3N4O2. The van der Waals surface area contributed by atoms with Gasteiger partial charge in [-0.05, 0) is 96.4 Å². The summed E-state index contributed by atoms with van der Waals surface area (Å²) in [5.41, 5.74) is 0.874. The normalized spacial score (nSPS) is 25.6. The monoisotopic (exact) mass is 584 g/mol. The van der Waals surface area contributed by atoms with Gasteiger partial charge in [0.25, 0.3) is 5.91 Å². The molecule has 1 saturated heterocycles. The molecule has 1 aliphatic heterocycles. The van der Waals surface area contributed by atoms with Crippen LogP contribution in [0.4, 0.5) is 18.9 Å². The molecule has 0 bridgehead atoms. The lowest BCUT2D eigenvalue weighted by Gasteiger charge is -2.72. The summed E-state index contributed by atoms with van der Waals surface area (Å²) in [5.74, 6) is 0.836. The topological polar surface area (TPSA) is 100 Å². The second kappa shape index (κ2) is 10.5. The molecule has 3 atom stereocenters. The number of alkyl halides is 3. The minimum atomic E-state index is -4.74. The molecule has 6 rings (SSSR count). The number of piperidine rings is 1. The third-order valence-electron chi connectivity index (χ3n) is 9.63. The van der Waals surface area contributed by atoms with E-state index in [1.807, 2.05) is 24.3 Å². The van der Waals surface area contributed by atoms with Gasteiger partial charge in [0.1, 0.15) is 0 Å². The van der Waals surface area contributed by atoms with E-state index in [1.165, 1.54) is 24.6 Å². The van der Waals surface area contributed by atoms with Gasteiger partial charge in [-0.1, -0.05) is 36.4 Å². The van der Waals surface area contributed by atoms with Gasteiger partial charge in [0.05, 0.1) is 28.8 Å². The first kappa shape index (κ1) is 28.9. The maximum Gasteiger partial charge on any atom is 0.417 e. The van der Waals surface area contributed by atoms with Crippen molar-refractivity contribution in [1.29, 1.82) is 10.5 Å². The number of amides is 1. The Kier molecular flexibility index (Phi) is 7.07. The van der Waals surface area contributed by atoms with Gasteiger partial charge in [-0.2, -0.15) is 23.7 Å². The third kappa shape index (κ3) is 5.40. The van der Waals surface area contributed by atoms with Crippen LogP contribution in [-0.4, -0.2) is 41.1 Å². The lowest BCUT2D eigenvalue weighted by molar-refractivity contribution is -0.226. The maximum absolute atomic E-state index is 13.3. The number of carbonyl (C=O) groups excluding carboxylic acids is 1. The van der Waals surface area contributed by atoms with Crippen LogP contribution < -0.4 is 5.32 Å². The molecule has 3 aromatic rings. The highest BCUT2D eigenvalue weighted by Gasteiger charge is 2.66. The summed E-state index contributed by atoms with van der Waals surface area (Å²) >= 11 is 0. The average Bonchev–Trinajstić information content (AvgIpc) is 2.95. The maximum atomic E-state index is 13.3. The van der Waals surface area contributed by atoms with Gasteiger partial charge in [-0.3, -0.25) is 9.69 Å². The summed E-state index contributed by atoms with van der Waals surface area (Å²) in [7, 11) is 0. The highest BCUT2D eigenvalue weighted by molar-refractivity contribution is 5.97. The molecule has 0 aromatic heterocycles. The first-order valence-electron chi connectivity index (χ1n) is 14.4. The van der Waals surface area contributed by atoms with Crippen LogP contribution in [0.25, 0.3) is 11.1 Å². The molecule has 1 heterocycles. The Morgan fingerprint density at radius 2 is 1.58 bits per heavy atom. The number of carbonyl (C=O) groups is 1. The van der Waals surface area contributed by atoms with Gasteiger partial charge < -0.3 is 10.4 Å². The van der Waals surface area contributed by atoms with Gasteiger partial charge >= 0.3 is 6.18 Å². The number of β-amino-alcohol motifs (C(OH)–C–C–N with tert-alkyl or cyclic N) is 1. The molecule has 1 amide bonds. The molecule has 2 saturated carbocycles. The predicted octanol–water partition coefficient (Wildman–Crippen LogP) is 6.01. The minimum Gasteiger partial charge on any atom is -0.379 e. The van der Waals surface area contributed by atoms with Crippen molar-refractivity contribution in [2.45, 2.75) is 38.0 Å². The van der Waals surface area contributed by atoms with Crippen LogP contribution in [0.1, 0.15) is 42.0 Å². The van der Waals surface area contributed by atoms with E-state index in [4.69, 9.17) is 10.5 Å². The van der Waals surface area contributed by atoms with Gasteiger partial charge in [-0.15, -0.1) is 0 Å². The highest BCUT2D eigenvalue weighted by atomic mass is 19.4. The Labute approximate surface area is 248 Å². The molecular weight excluding hydrogens is 553 g/mol. The first-order chi connectivity index (χ1) is 20.4. The Morgan fingerprint density at radius 3 is 2.14 bits per heavy atom. The molecule has 3 aliphatic rings. The van der Waals surface area contributed by atoms with Crippen molar-refractivity contribution in [1.82, 2.24) is 4.90 Å². The quantitative estimate of drug-likeness (QED) is 0.355. The SMILES string of the molecule is CC(O)(CN1CC2CC3(Cc4ccc(-c5ccc(C#N)cc5)cc4)CC(C1)C23)C(=O)Nc1ccc(C#N)c(C(F)(F)F)c1. The summed E-state index contributed by atoms with van der Waals surface area (Å²) in [6, 6.07) is 22.9. The summed E-state index contributed by atoms with van der Waals surface area (Å²) < 4.78 is 40.0. The largest absolute Gasteiger partial charge is 0.417 e. The number of halogens is 3. The van der Waals surface area contributed by atoms with E-state index in [1.54, 1.807) is 0 Å². The van der Waals surface area contributed by atoms with Crippen LogP contribution >= 0.6 is 0 Å². The smallest absolute Gasteiger partial charge is 0.379 e. The van der Waals surface area contributed by atoms with Crippen molar-refractivity contribution in [3.05, 3.63) is 89.0 Å². The fourth-order valence-electron chi connectivity index (χ4n) is 7.89. The van der Waals surface area contributed by atoms with Gasteiger partial charge in [0.2, 0.25) is 0 Å². The minimum absolute atomic E-state index is 0.0881. The molecule has 2 N–H and O–H groups in total. The Morgan fingerprint density at radius 1 is 0.977 bits per heavy atom. The second-order valence-electron chi connectivity index (χ2n) is 12.7. The molecule has 3 aromatic carbocycles. The number of anilines is 1. The number of aliphatic hydroxyl groups is 1. The second-order valence-corrected chi connectivity index (χ2v) is 12.7. The zero-order chi connectivity index (χ0) is 30.6. The number of rotatable bonds is 7. The van der Waals surface area contributed by atoms with Crippen LogP contribution in [0.3, 0.4) is 0 Å². The van der Waals surface area contributed by atoms with Crippen molar-refractivity contribution in [3.63, 3.8) is 0 Å². The molecule has 3 fully saturated rings. The molecule has 2 aliphatic carbocycles. The lowest BCUT2D eigenvalue weighted by Crippen LogP contribution is -2.70. The van der Waals surface area contributed by atoms with Crippen molar-refractivity contribution in [2.24, 2.45) is 23.2 Å². The van der Waals surface area contributed by atoms with Crippen LogP contribution in [0.2, 0.25) is 0 Å². The number of hydrogen-bond donors (Lipinski definition) is 2. The van der Waals surface area contributed by atoms with Crippen LogP contribution in [0, 0.1) is 45.8 Å². The molecule has 43 heavy (non-hydrogen) atoms. The fraction of sp³-hybridized carbons (Fsp3) is 0.382. The Hall–Kier alpha value is -4.18. The zero-order valence-corrected chi connectivity index (χ0v) is 23.7. The van der Waals surface area contributed by atoms with E-state index >= 15 is 0 Å². The number of nitrogens with one attached hydrogen (secondary N) is 1. The lowest BCUT2D eigenvalue weighted by atomic mass is 9.36. The van der Waals surface area contributed by atoms with Crippen molar-refractivity contribution in [3.8, 4) is 23.3 Å². The van der Waals surface area contributed by atoms with E-state index < -0.39 is 28.8 Å². The number of likely N-dealkylation sites (tertiary alicyclic amines) is 1. The molecule has 3 unspecified atom stereocenters. The van der Waals surface area contributed by atoms with Gasteiger partial charge in [0, 0.05) is 25.3 Å². The summed E-state index contributed by atoms with van der Waals surface area (Å²) in [4.78, 5) is 15.0. The van der Waals surface area contributed by atoms with Crippen molar-refractivity contribution in [2.75, 3.05) is 25.0 Å². The van der Waals surface area contributed by atoms with E-state index in [0.29, 0.717) is 28.7 Å². The standard InChI is InChI=1S/C34H31F3N4O2/c1-32(43,31(42)40-28-11-10-25(17-39)29(12-28)34(35,36)37)20-41-18-26-14-33(15-27(19-41)30(26)33)13-21-2-6-23(7-3-21)24-8-4-22(16-38)5-9-24/h2-12,26-27,30,43H,13-15,18-20H2,1H3,(H,40,42). The third-order valence-corrected chi connectivity index (χ3v) is 9.63. The van der Waals surface area contributed by atoms with Gasteiger partial charge in [-0.25, -0.2) is 0 Å². The van der Waals surface area contributed by atoms with Gasteiger partial charge in [0.15, 0.2) is 5.60 Å². The van der Waals surface area contributed by atoms with E-state index in [9.17, 15) is 23.1 Å². The number of nitriles is 2. The molecule has 220 valence electrons. The molecule has 0 radical (unpaired) electrons. The average molecular weight is 585 g/mol. The Bertz CT molecular complexity index is 1620. The summed E-state index contributed by atoms with van der Waals surface area (Å²) in [5, 5.41) is 31.5. The summed E-state index contributed by atoms with van der Waals surface area (Å²) in [6.45, 7) is 3.03. The fourth-order valence-corrected chi connectivity index (χ4v) is 7.89. The molecule has 0 spiro atoms. The Balaban J connectivity index is 1.04. The van der Waals surface area contributed by atoms with Crippen molar-refractivity contribution >= 4 is 11.6 Å². The highest BCUT2D eigenvalue weighted by Crippen LogP contribution is 2.70.